The first-order valence-corrected chi connectivity index (χ1v) is 22.2. The van der Waals surface area contributed by atoms with Crippen molar-refractivity contribution in [3.05, 3.63) is 0 Å². The third-order valence-corrected chi connectivity index (χ3v) is 36.7. The van der Waals surface area contributed by atoms with Crippen molar-refractivity contribution in [2.24, 2.45) is 0 Å². The van der Waals surface area contributed by atoms with Gasteiger partial charge in [-0.2, -0.15) is 0 Å². The van der Waals surface area contributed by atoms with Gasteiger partial charge in [0.25, 0.3) is 0 Å². The molecule has 0 aromatic heterocycles. The summed E-state index contributed by atoms with van der Waals surface area (Å²) in [4.78, 5) is 0. The first kappa shape index (κ1) is 30.7. The first-order valence-electron chi connectivity index (χ1n) is 13.5. The SMILES string of the molecule is CC(C)[Si]1(C(C)C)N[Si](C(C)C)(C(C)C)N[Si](C(C)C)(C(C)C)N[Si](C(C)C)(C(C)C)N1. The zero-order valence-electron chi connectivity index (χ0n) is 24.6. The maximum atomic E-state index is 4.69. The molecule has 1 saturated heterocycles. The summed E-state index contributed by atoms with van der Waals surface area (Å²) in [6.45, 7) is 39.8. The van der Waals surface area contributed by atoms with Crippen LogP contribution in [0.3, 0.4) is 0 Å². The van der Waals surface area contributed by atoms with E-state index < -0.39 is 33.6 Å². The number of hydrogen-bond donors (Lipinski definition) is 4. The van der Waals surface area contributed by atoms with Gasteiger partial charge in [-0.15, -0.1) is 0 Å². The number of rotatable bonds is 8. The molecule has 32 heavy (non-hydrogen) atoms. The molecule has 0 radical (unpaired) electrons. The molecule has 0 bridgehead atoms. The van der Waals surface area contributed by atoms with E-state index in [9.17, 15) is 0 Å². The van der Waals surface area contributed by atoms with Crippen molar-refractivity contribution in [3.63, 3.8) is 0 Å². The van der Waals surface area contributed by atoms with Gasteiger partial charge >= 0.3 is 0 Å². The highest BCUT2D eigenvalue weighted by molar-refractivity contribution is 7.09. The minimum Gasteiger partial charge on any atom is -0.335 e. The summed E-state index contributed by atoms with van der Waals surface area (Å²) in [6, 6.07) is 0. The minimum absolute atomic E-state index is 0.632. The van der Waals surface area contributed by atoms with Gasteiger partial charge in [-0.3, -0.25) is 0 Å². The molecule has 4 N–H and O–H groups in total. The topological polar surface area (TPSA) is 48.1 Å². The van der Waals surface area contributed by atoms with Crippen LogP contribution in [0.5, 0.6) is 0 Å². The van der Waals surface area contributed by atoms with Crippen LogP contribution in [-0.2, 0) is 0 Å². The smallest absolute Gasteiger partial charge is 0.195 e. The third-order valence-electron chi connectivity index (χ3n) is 8.94. The Balaban J connectivity index is 4.11. The van der Waals surface area contributed by atoms with E-state index in [0.29, 0.717) is 44.3 Å². The van der Waals surface area contributed by atoms with E-state index in [-0.39, 0.29) is 0 Å². The standard InChI is InChI=1S/C24H60N4Si4/c1-17(2)29(18(3)4)25-30(19(5)6,20(7)8)27-32(23(13)14,24(15)16)28-31(26-29,21(9)10)22(11)12/h17-28H,1-16H3. The molecule has 1 aliphatic rings. The van der Waals surface area contributed by atoms with Crippen molar-refractivity contribution >= 4 is 33.6 Å². The predicted molar refractivity (Wildman–Crippen MR) is 156 cm³/mol. The summed E-state index contributed by atoms with van der Waals surface area (Å²) in [5.74, 6) is 0. The van der Waals surface area contributed by atoms with Crippen LogP contribution in [0.25, 0.3) is 0 Å². The summed E-state index contributed by atoms with van der Waals surface area (Å²) in [6.07, 6.45) is 0. The minimum atomic E-state index is -2.05. The first-order chi connectivity index (χ1) is 14.4. The van der Waals surface area contributed by atoms with Crippen LogP contribution in [0.15, 0.2) is 0 Å². The summed E-state index contributed by atoms with van der Waals surface area (Å²) in [5, 5.41) is 0. The highest BCUT2D eigenvalue weighted by Gasteiger charge is 2.63. The molecule has 1 fully saturated rings. The molecule has 0 aliphatic carbocycles. The molecular formula is C24H60N4Si4. The molecular weight excluding hydrogens is 457 g/mol. The van der Waals surface area contributed by atoms with Gasteiger partial charge in [-0.25, -0.2) is 0 Å². The third kappa shape index (κ3) is 5.13. The van der Waals surface area contributed by atoms with Crippen molar-refractivity contribution in [1.29, 1.82) is 0 Å². The maximum absolute atomic E-state index is 4.69. The number of hydrogen-bond acceptors (Lipinski definition) is 4. The average Bonchev–Trinajstić information content (AvgIpc) is 2.60. The molecule has 0 unspecified atom stereocenters. The van der Waals surface area contributed by atoms with E-state index in [0.717, 1.165) is 0 Å². The molecule has 1 heterocycles. The van der Waals surface area contributed by atoms with E-state index in [1.165, 1.54) is 0 Å². The van der Waals surface area contributed by atoms with Crippen molar-refractivity contribution in [1.82, 2.24) is 18.6 Å². The van der Waals surface area contributed by atoms with Gasteiger partial charge in [0.1, 0.15) is 0 Å². The highest BCUT2D eigenvalue weighted by atomic mass is 28.5. The predicted octanol–water partition coefficient (Wildman–Crippen LogP) is 7.41. The van der Waals surface area contributed by atoms with E-state index in [1.54, 1.807) is 0 Å². The van der Waals surface area contributed by atoms with E-state index in [4.69, 9.17) is 18.6 Å². The lowest BCUT2D eigenvalue weighted by Gasteiger charge is -2.63. The highest BCUT2D eigenvalue weighted by Crippen LogP contribution is 2.44. The Bertz CT molecular complexity index is 451. The lowest BCUT2D eigenvalue weighted by molar-refractivity contribution is 0.712. The normalized spacial score (nSPS) is 23.2. The lowest BCUT2D eigenvalue weighted by Crippen LogP contribution is -2.95. The van der Waals surface area contributed by atoms with Gasteiger partial charge in [0.2, 0.25) is 0 Å². The largest absolute Gasteiger partial charge is 0.335 e. The molecule has 0 aromatic rings. The van der Waals surface area contributed by atoms with Crippen molar-refractivity contribution in [2.45, 2.75) is 155 Å². The lowest BCUT2D eigenvalue weighted by atomic mass is 10.5. The van der Waals surface area contributed by atoms with Gasteiger partial charge in [0, 0.05) is 0 Å². The Kier molecular flexibility index (Phi) is 10.3. The monoisotopic (exact) mass is 516 g/mol. The van der Waals surface area contributed by atoms with Crippen molar-refractivity contribution < 1.29 is 0 Å². The van der Waals surface area contributed by atoms with Crippen molar-refractivity contribution in [3.8, 4) is 0 Å². The average molecular weight is 517 g/mol. The van der Waals surface area contributed by atoms with Crippen LogP contribution in [0.2, 0.25) is 44.3 Å². The number of nitrogens with one attached hydrogen (secondary N) is 4. The zero-order chi connectivity index (χ0) is 25.4. The molecule has 0 atom stereocenters. The van der Waals surface area contributed by atoms with Gasteiger partial charge in [-0.1, -0.05) is 111 Å². The van der Waals surface area contributed by atoms with Gasteiger partial charge < -0.3 is 18.6 Å². The molecule has 0 aromatic carbocycles. The van der Waals surface area contributed by atoms with E-state index in [1.807, 2.05) is 0 Å². The fourth-order valence-electron chi connectivity index (χ4n) is 6.47. The molecule has 1 aliphatic heterocycles. The van der Waals surface area contributed by atoms with Crippen LogP contribution in [-0.4, -0.2) is 33.6 Å². The van der Waals surface area contributed by atoms with E-state index in [2.05, 4.69) is 111 Å². The summed E-state index contributed by atoms with van der Waals surface area (Å²) < 4.78 is 18.8. The summed E-state index contributed by atoms with van der Waals surface area (Å²) in [5.41, 5.74) is 5.05. The Morgan fingerprint density at radius 1 is 0.250 bits per heavy atom. The zero-order valence-corrected chi connectivity index (χ0v) is 28.6. The summed E-state index contributed by atoms with van der Waals surface area (Å²) >= 11 is 0. The molecule has 0 amide bonds. The second-order valence-corrected chi connectivity index (χ2v) is 33.4. The maximum Gasteiger partial charge on any atom is 0.195 e. The Morgan fingerprint density at radius 3 is 0.406 bits per heavy atom. The quantitative estimate of drug-likeness (QED) is 0.254. The summed E-state index contributed by atoms with van der Waals surface area (Å²) in [7, 11) is -8.21. The van der Waals surface area contributed by atoms with Gasteiger partial charge in [0.05, 0.1) is 0 Å². The molecule has 4 nitrogen and oxygen atoms in total. The van der Waals surface area contributed by atoms with Crippen LogP contribution < -0.4 is 18.6 Å². The fraction of sp³-hybridized carbons (Fsp3) is 1.00. The van der Waals surface area contributed by atoms with Crippen LogP contribution in [0.4, 0.5) is 0 Å². The Morgan fingerprint density at radius 2 is 0.344 bits per heavy atom. The van der Waals surface area contributed by atoms with Gasteiger partial charge in [-0.05, 0) is 44.3 Å². The second-order valence-electron chi connectivity index (χ2n) is 13.2. The molecule has 192 valence electrons. The Hall–Kier alpha value is 0.708. The van der Waals surface area contributed by atoms with Crippen LogP contribution in [0, 0.1) is 0 Å². The van der Waals surface area contributed by atoms with Crippen LogP contribution >= 0.6 is 0 Å². The second kappa shape index (κ2) is 10.8. The molecule has 1 rings (SSSR count). The van der Waals surface area contributed by atoms with E-state index >= 15 is 0 Å². The Labute approximate surface area is 206 Å². The fourth-order valence-corrected chi connectivity index (χ4v) is 44.5. The van der Waals surface area contributed by atoms with Crippen molar-refractivity contribution in [2.75, 3.05) is 0 Å². The van der Waals surface area contributed by atoms with Crippen LogP contribution in [0.1, 0.15) is 111 Å². The molecule has 8 heteroatoms. The molecule has 0 saturated carbocycles. The molecule has 0 spiro atoms. The van der Waals surface area contributed by atoms with Gasteiger partial charge in [0.15, 0.2) is 33.6 Å².